The number of para-hydroxylation sites is 1. The van der Waals surface area contributed by atoms with Gasteiger partial charge in [-0.2, -0.15) is 4.31 Å². The van der Waals surface area contributed by atoms with E-state index in [0.717, 1.165) is 4.31 Å². The molecule has 2 aromatic carbocycles. The quantitative estimate of drug-likeness (QED) is 0.633. The number of rotatable bonds is 8. The van der Waals surface area contributed by atoms with Crippen LogP contribution in [0.15, 0.2) is 47.4 Å². The summed E-state index contributed by atoms with van der Waals surface area (Å²) in [6.45, 7) is 1.70. The zero-order valence-corrected chi connectivity index (χ0v) is 17.7. The Morgan fingerprint density at radius 3 is 2.48 bits per heavy atom. The molecule has 0 aromatic heterocycles. The molecule has 0 atom stereocenters. The Morgan fingerprint density at radius 2 is 1.86 bits per heavy atom. The standard InChI is InChI=1S/C19H21ClN2O6S/c1-4-28-17-10-9-13(11-15(17)20)29(25,26)22(2)12-18(23)21-16-8-6-5-7-14(16)19(24)27-3/h5-11H,4,12H2,1-3H3,(H,21,23). The predicted molar refractivity (Wildman–Crippen MR) is 109 cm³/mol. The fourth-order valence-electron chi connectivity index (χ4n) is 2.45. The van der Waals surface area contributed by atoms with Crippen LogP contribution in [0.5, 0.6) is 5.75 Å². The van der Waals surface area contributed by atoms with Crippen molar-refractivity contribution in [3.63, 3.8) is 0 Å². The van der Waals surface area contributed by atoms with Crippen LogP contribution < -0.4 is 10.1 Å². The number of amides is 1. The van der Waals surface area contributed by atoms with Gasteiger partial charge in [0, 0.05) is 7.05 Å². The molecule has 0 saturated carbocycles. The number of carbonyl (C=O) groups excluding carboxylic acids is 2. The van der Waals surface area contributed by atoms with Gasteiger partial charge >= 0.3 is 5.97 Å². The van der Waals surface area contributed by atoms with Crippen LogP contribution in [0.3, 0.4) is 0 Å². The molecule has 1 amide bonds. The lowest BCUT2D eigenvalue weighted by Crippen LogP contribution is -2.35. The second-order valence-electron chi connectivity index (χ2n) is 5.87. The Kier molecular flexibility index (Phi) is 7.60. The van der Waals surface area contributed by atoms with Crippen molar-refractivity contribution in [2.45, 2.75) is 11.8 Å². The van der Waals surface area contributed by atoms with Crippen LogP contribution in [0, 0.1) is 0 Å². The molecule has 1 N–H and O–H groups in total. The normalized spacial score (nSPS) is 11.2. The van der Waals surface area contributed by atoms with E-state index in [1.54, 1.807) is 19.1 Å². The summed E-state index contributed by atoms with van der Waals surface area (Å²) in [5.74, 6) is -0.872. The molecule has 29 heavy (non-hydrogen) atoms. The van der Waals surface area contributed by atoms with Gasteiger partial charge in [-0.15, -0.1) is 0 Å². The van der Waals surface area contributed by atoms with Gasteiger partial charge in [-0.25, -0.2) is 13.2 Å². The number of methoxy groups -OCH3 is 1. The lowest BCUT2D eigenvalue weighted by atomic mass is 10.2. The van der Waals surface area contributed by atoms with Gasteiger partial charge in [0.25, 0.3) is 0 Å². The summed E-state index contributed by atoms with van der Waals surface area (Å²) in [4.78, 5) is 24.1. The van der Waals surface area contributed by atoms with E-state index < -0.39 is 28.4 Å². The molecule has 0 aliphatic rings. The van der Waals surface area contributed by atoms with Gasteiger partial charge in [0.2, 0.25) is 15.9 Å². The van der Waals surface area contributed by atoms with Crippen molar-refractivity contribution in [3.8, 4) is 5.75 Å². The van der Waals surface area contributed by atoms with Crippen molar-refractivity contribution in [2.75, 3.05) is 32.6 Å². The highest BCUT2D eigenvalue weighted by Crippen LogP contribution is 2.28. The molecule has 10 heteroatoms. The first-order valence-electron chi connectivity index (χ1n) is 8.56. The predicted octanol–water partition coefficient (Wildman–Crippen LogP) is 2.78. The summed E-state index contributed by atoms with van der Waals surface area (Å²) in [6.07, 6.45) is 0. The van der Waals surface area contributed by atoms with Crippen molar-refractivity contribution in [3.05, 3.63) is 53.1 Å². The molecule has 0 radical (unpaired) electrons. The molecular formula is C19H21ClN2O6S. The number of hydrogen-bond acceptors (Lipinski definition) is 6. The van der Waals surface area contributed by atoms with E-state index in [9.17, 15) is 18.0 Å². The number of likely N-dealkylation sites (N-methyl/N-ethyl adjacent to an activating group) is 1. The smallest absolute Gasteiger partial charge is 0.339 e. The van der Waals surface area contributed by atoms with Gasteiger partial charge in [-0.3, -0.25) is 4.79 Å². The van der Waals surface area contributed by atoms with Crippen LogP contribution in [-0.4, -0.2) is 51.9 Å². The Morgan fingerprint density at radius 1 is 1.17 bits per heavy atom. The van der Waals surface area contributed by atoms with E-state index in [-0.39, 0.29) is 21.2 Å². The highest BCUT2D eigenvalue weighted by atomic mass is 35.5. The first-order chi connectivity index (χ1) is 13.7. The van der Waals surface area contributed by atoms with Crippen LogP contribution >= 0.6 is 11.6 Å². The first-order valence-corrected chi connectivity index (χ1v) is 10.4. The molecular weight excluding hydrogens is 420 g/mol. The molecule has 156 valence electrons. The van der Waals surface area contributed by atoms with E-state index in [4.69, 9.17) is 16.3 Å². The van der Waals surface area contributed by atoms with Crippen LogP contribution in [0.25, 0.3) is 0 Å². The Hall–Kier alpha value is -2.62. The highest BCUT2D eigenvalue weighted by Gasteiger charge is 2.24. The third-order valence-corrected chi connectivity index (χ3v) is 5.98. The zero-order valence-electron chi connectivity index (χ0n) is 16.1. The van der Waals surface area contributed by atoms with Gasteiger partial charge in [0.15, 0.2) is 0 Å². The third kappa shape index (κ3) is 5.47. The molecule has 2 aromatic rings. The number of ether oxygens (including phenoxy) is 2. The highest BCUT2D eigenvalue weighted by molar-refractivity contribution is 7.89. The third-order valence-electron chi connectivity index (χ3n) is 3.88. The monoisotopic (exact) mass is 440 g/mol. The SMILES string of the molecule is CCOc1ccc(S(=O)(=O)N(C)CC(=O)Nc2ccccc2C(=O)OC)cc1Cl. The van der Waals surface area contributed by atoms with Crippen molar-refractivity contribution < 1.29 is 27.5 Å². The summed E-state index contributed by atoms with van der Waals surface area (Å²) in [6, 6.07) is 10.3. The lowest BCUT2D eigenvalue weighted by molar-refractivity contribution is -0.116. The zero-order chi connectivity index (χ0) is 21.6. The fraction of sp³-hybridized carbons (Fsp3) is 0.263. The summed E-state index contributed by atoms with van der Waals surface area (Å²) in [5, 5.41) is 2.68. The summed E-state index contributed by atoms with van der Waals surface area (Å²) in [5.41, 5.74) is 0.381. The number of nitrogens with zero attached hydrogens (tertiary/aromatic N) is 1. The van der Waals surface area contributed by atoms with E-state index in [1.807, 2.05) is 0 Å². The van der Waals surface area contributed by atoms with E-state index in [1.165, 1.54) is 44.5 Å². The van der Waals surface area contributed by atoms with E-state index in [0.29, 0.717) is 12.4 Å². The maximum atomic E-state index is 12.7. The minimum absolute atomic E-state index is 0.0730. The van der Waals surface area contributed by atoms with Crippen molar-refractivity contribution >= 4 is 39.2 Å². The second-order valence-corrected chi connectivity index (χ2v) is 8.32. The molecule has 2 rings (SSSR count). The van der Waals surface area contributed by atoms with E-state index in [2.05, 4.69) is 10.1 Å². The van der Waals surface area contributed by atoms with Gasteiger partial charge in [-0.05, 0) is 37.3 Å². The summed E-state index contributed by atoms with van der Waals surface area (Å²) < 4.78 is 36.3. The molecule has 0 heterocycles. The van der Waals surface area contributed by atoms with Gasteiger partial charge in [-0.1, -0.05) is 23.7 Å². The topological polar surface area (TPSA) is 102 Å². The number of esters is 1. The van der Waals surface area contributed by atoms with Crippen LogP contribution in [0.1, 0.15) is 17.3 Å². The number of nitrogens with one attached hydrogen (secondary N) is 1. The average Bonchev–Trinajstić information content (AvgIpc) is 2.69. The molecule has 0 saturated heterocycles. The van der Waals surface area contributed by atoms with Gasteiger partial charge in [0.05, 0.1) is 41.4 Å². The van der Waals surface area contributed by atoms with Crippen molar-refractivity contribution in [2.24, 2.45) is 0 Å². The van der Waals surface area contributed by atoms with E-state index >= 15 is 0 Å². The molecule has 0 aliphatic heterocycles. The van der Waals surface area contributed by atoms with Crippen molar-refractivity contribution in [1.29, 1.82) is 0 Å². The molecule has 0 aliphatic carbocycles. The minimum Gasteiger partial charge on any atom is -0.492 e. The number of hydrogen-bond donors (Lipinski definition) is 1. The van der Waals surface area contributed by atoms with Crippen LogP contribution in [0.4, 0.5) is 5.69 Å². The first kappa shape index (κ1) is 22.7. The maximum absolute atomic E-state index is 12.7. The van der Waals surface area contributed by atoms with Gasteiger partial charge < -0.3 is 14.8 Å². The molecule has 0 bridgehead atoms. The Balaban J connectivity index is 2.15. The number of benzene rings is 2. The molecule has 0 unspecified atom stereocenters. The lowest BCUT2D eigenvalue weighted by Gasteiger charge is -2.18. The average molecular weight is 441 g/mol. The van der Waals surface area contributed by atoms with Gasteiger partial charge in [0.1, 0.15) is 5.75 Å². The number of sulfonamides is 1. The van der Waals surface area contributed by atoms with Crippen molar-refractivity contribution in [1.82, 2.24) is 4.31 Å². The van der Waals surface area contributed by atoms with Crippen LogP contribution in [-0.2, 0) is 19.6 Å². The summed E-state index contributed by atoms with van der Waals surface area (Å²) in [7, 11) is -1.48. The number of carbonyl (C=O) groups is 2. The molecule has 0 spiro atoms. The Bertz CT molecular complexity index is 1010. The number of anilines is 1. The van der Waals surface area contributed by atoms with Crippen LogP contribution in [0.2, 0.25) is 5.02 Å². The molecule has 8 nitrogen and oxygen atoms in total. The minimum atomic E-state index is -3.97. The fourth-order valence-corrected chi connectivity index (χ4v) is 3.91. The largest absolute Gasteiger partial charge is 0.492 e. The summed E-state index contributed by atoms with van der Waals surface area (Å²) >= 11 is 6.06. The maximum Gasteiger partial charge on any atom is 0.339 e. The second kappa shape index (κ2) is 9.73. The molecule has 0 fully saturated rings. The number of halogens is 1. The Labute approximate surface area is 174 Å².